The maximum Gasteiger partial charge on any atom is 0.321 e. The third kappa shape index (κ3) is 6.33. The van der Waals surface area contributed by atoms with E-state index in [4.69, 9.17) is 4.74 Å². The molecule has 1 fully saturated rings. The number of rotatable bonds is 7. The van der Waals surface area contributed by atoms with Crippen molar-refractivity contribution in [3.8, 4) is 5.75 Å². The smallest absolute Gasteiger partial charge is 0.321 e. The highest BCUT2D eigenvalue weighted by Gasteiger charge is 2.22. The molecule has 0 spiro atoms. The van der Waals surface area contributed by atoms with E-state index in [1.165, 1.54) is 6.42 Å². The van der Waals surface area contributed by atoms with Crippen LogP contribution in [0.3, 0.4) is 0 Å². The monoisotopic (exact) mass is 361 g/mol. The van der Waals surface area contributed by atoms with Gasteiger partial charge in [-0.1, -0.05) is 31.4 Å². The molecule has 1 aliphatic rings. The number of imide groups is 1. The number of ether oxygens (including phenoxy) is 1. The largest absolute Gasteiger partial charge is 0.494 e. The Labute approximate surface area is 156 Å². The molecule has 144 valence electrons. The van der Waals surface area contributed by atoms with Crippen molar-refractivity contribution >= 4 is 11.9 Å². The normalized spacial score (nSPS) is 16.2. The van der Waals surface area contributed by atoms with Gasteiger partial charge in [0.15, 0.2) is 0 Å². The van der Waals surface area contributed by atoms with Crippen LogP contribution in [0.25, 0.3) is 0 Å². The van der Waals surface area contributed by atoms with Crippen LogP contribution in [0.2, 0.25) is 0 Å². The van der Waals surface area contributed by atoms with Gasteiger partial charge in [-0.2, -0.15) is 0 Å². The summed E-state index contributed by atoms with van der Waals surface area (Å²) in [6.07, 6.45) is 5.50. The van der Waals surface area contributed by atoms with Crippen molar-refractivity contribution in [3.05, 3.63) is 29.8 Å². The predicted molar refractivity (Wildman–Crippen MR) is 102 cm³/mol. The first-order chi connectivity index (χ1) is 12.5. The molecular formula is C20H31N3O3. The van der Waals surface area contributed by atoms with Gasteiger partial charge in [0, 0.05) is 12.6 Å². The summed E-state index contributed by atoms with van der Waals surface area (Å²) in [5, 5.41) is 5.38. The van der Waals surface area contributed by atoms with E-state index in [0.29, 0.717) is 13.2 Å². The van der Waals surface area contributed by atoms with Gasteiger partial charge in [0.05, 0.1) is 12.6 Å². The van der Waals surface area contributed by atoms with Crippen LogP contribution >= 0.6 is 0 Å². The number of nitrogens with zero attached hydrogens (tertiary/aromatic N) is 1. The molecule has 6 heteroatoms. The Bertz CT molecular complexity index is 582. The zero-order chi connectivity index (χ0) is 18.9. The molecule has 0 bridgehead atoms. The minimum Gasteiger partial charge on any atom is -0.494 e. The van der Waals surface area contributed by atoms with Gasteiger partial charge >= 0.3 is 6.03 Å². The van der Waals surface area contributed by atoms with Crippen LogP contribution in [-0.2, 0) is 11.3 Å². The predicted octanol–water partition coefficient (Wildman–Crippen LogP) is 3.06. The first-order valence-electron chi connectivity index (χ1n) is 9.53. The first kappa shape index (κ1) is 20.2. The summed E-state index contributed by atoms with van der Waals surface area (Å²) >= 11 is 0. The molecule has 0 aliphatic heterocycles. The fourth-order valence-electron chi connectivity index (χ4n) is 3.17. The van der Waals surface area contributed by atoms with Crippen molar-refractivity contribution in [1.82, 2.24) is 15.5 Å². The third-order valence-corrected chi connectivity index (χ3v) is 4.88. The zero-order valence-corrected chi connectivity index (χ0v) is 16.1. The summed E-state index contributed by atoms with van der Waals surface area (Å²) in [5.41, 5.74) is 1.09. The van der Waals surface area contributed by atoms with Crippen LogP contribution in [0.1, 0.15) is 51.5 Å². The van der Waals surface area contributed by atoms with Gasteiger partial charge in [-0.05, 0) is 51.4 Å². The van der Waals surface area contributed by atoms with Crippen LogP contribution in [0, 0.1) is 0 Å². The van der Waals surface area contributed by atoms with Gasteiger partial charge in [0.2, 0.25) is 5.91 Å². The number of hydrogen-bond acceptors (Lipinski definition) is 4. The average molecular weight is 361 g/mol. The summed E-state index contributed by atoms with van der Waals surface area (Å²) < 4.78 is 5.44. The fourth-order valence-corrected chi connectivity index (χ4v) is 3.17. The quantitative estimate of drug-likeness (QED) is 0.783. The zero-order valence-electron chi connectivity index (χ0n) is 16.1. The van der Waals surface area contributed by atoms with E-state index in [-0.39, 0.29) is 18.0 Å². The molecule has 1 atom stereocenters. The topological polar surface area (TPSA) is 70.7 Å². The van der Waals surface area contributed by atoms with Gasteiger partial charge in [-0.25, -0.2) is 4.79 Å². The molecule has 3 amide bonds. The van der Waals surface area contributed by atoms with Gasteiger partial charge in [-0.15, -0.1) is 0 Å². The van der Waals surface area contributed by atoms with Crippen LogP contribution in [0.15, 0.2) is 24.3 Å². The molecule has 0 unspecified atom stereocenters. The number of urea groups is 1. The second-order valence-corrected chi connectivity index (χ2v) is 6.97. The van der Waals surface area contributed by atoms with Crippen molar-refractivity contribution in [3.63, 3.8) is 0 Å². The minimum absolute atomic E-state index is 0.188. The molecular weight excluding hydrogens is 330 g/mol. The van der Waals surface area contributed by atoms with E-state index in [0.717, 1.165) is 37.0 Å². The standard InChI is InChI=1S/C20H31N3O3/c1-4-26-18-12-10-16(11-13-18)14-23(3)15(2)19(24)22-20(25)21-17-8-6-5-7-9-17/h10-13,15,17H,4-9,14H2,1-3H3,(H2,21,22,24,25)/t15-/m0/s1. The number of benzene rings is 1. The van der Waals surface area contributed by atoms with Crippen LogP contribution in [0.4, 0.5) is 4.79 Å². The molecule has 0 aromatic heterocycles. The Hall–Kier alpha value is -2.08. The average Bonchev–Trinajstić information content (AvgIpc) is 2.63. The highest BCUT2D eigenvalue weighted by Crippen LogP contribution is 2.17. The highest BCUT2D eigenvalue weighted by molar-refractivity contribution is 5.96. The van der Waals surface area contributed by atoms with Crippen molar-refractivity contribution < 1.29 is 14.3 Å². The molecule has 1 saturated carbocycles. The molecule has 0 radical (unpaired) electrons. The highest BCUT2D eigenvalue weighted by atomic mass is 16.5. The van der Waals surface area contributed by atoms with Crippen molar-refractivity contribution in [2.75, 3.05) is 13.7 Å². The van der Waals surface area contributed by atoms with E-state index < -0.39 is 6.04 Å². The Morgan fingerprint density at radius 2 is 1.85 bits per heavy atom. The van der Waals surface area contributed by atoms with Gasteiger partial charge < -0.3 is 10.1 Å². The van der Waals surface area contributed by atoms with E-state index in [1.54, 1.807) is 6.92 Å². The lowest BCUT2D eigenvalue weighted by Gasteiger charge is -2.25. The lowest BCUT2D eigenvalue weighted by atomic mass is 9.96. The lowest BCUT2D eigenvalue weighted by Crippen LogP contribution is -2.50. The molecule has 2 N–H and O–H groups in total. The maximum absolute atomic E-state index is 12.3. The van der Waals surface area contributed by atoms with Gasteiger partial charge in [0.1, 0.15) is 5.75 Å². The molecule has 1 aliphatic carbocycles. The summed E-state index contributed by atoms with van der Waals surface area (Å²) in [7, 11) is 1.87. The molecule has 1 aromatic rings. The number of nitrogens with one attached hydrogen (secondary N) is 2. The number of carbonyl (C=O) groups excluding carboxylic acids is 2. The van der Waals surface area contributed by atoms with Crippen molar-refractivity contribution in [2.24, 2.45) is 0 Å². The van der Waals surface area contributed by atoms with Gasteiger partial charge in [0.25, 0.3) is 0 Å². The second kappa shape index (κ2) is 10.2. The van der Waals surface area contributed by atoms with E-state index in [1.807, 2.05) is 43.1 Å². The van der Waals surface area contributed by atoms with Crippen molar-refractivity contribution in [1.29, 1.82) is 0 Å². The molecule has 2 rings (SSSR count). The Morgan fingerprint density at radius 3 is 2.46 bits per heavy atom. The second-order valence-electron chi connectivity index (χ2n) is 6.97. The molecule has 26 heavy (non-hydrogen) atoms. The number of hydrogen-bond donors (Lipinski definition) is 2. The Morgan fingerprint density at radius 1 is 1.19 bits per heavy atom. The maximum atomic E-state index is 12.3. The first-order valence-corrected chi connectivity index (χ1v) is 9.53. The molecule has 1 aromatic carbocycles. The number of amides is 3. The van der Waals surface area contributed by atoms with Crippen LogP contribution in [-0.4, -0.2) is 42.6 Å². The summed E-state index contributed by atoms with van der Waals surface area (Å²) in [6, 6.07) is 7.23. The lowest BCUT2D eigenvalue weighted by molar-refractivity contribution is -0.124. The SMILES string of the molecule is CCOc1ccc(CN(C)[C@@H](C)C(=O)NC(=O)NC2CCCCC2)cc1. The van der Waals surface area contributed by atoms with Crippen LogP contribution < -0.4 is 15.4 Å². The Kier molecular flexibility index (Phi) is 7.91. The molecule has 6 nitrogen and oxygen atoms in total. The third-order valence-electron chi connectivity index (χ3n) is 4.88. The summed E-state index contributed by atoms with van der Waals surface area (Å²) in [5.74, 6) is 0.552. The number of likely N-dealkylation sites (N-methyl/N-ethyl adjacent to an activating group) is 1. The van der Waals surface area contributed by atoms with E-state index in [2.05, 4.69) is 10.6 Å². The van der Waals surface area contributed by atoms with E-state index >= 15 is 0 Å². The molecule has 0 heterocycles. The fraction of sp³-hybridized carbons (Fsp3) is 0.600. The minimum atomic E-state index is -0.404. The summed E-state index contributed by atoms with van der Waals surface area (Å²) in [6.45, 7) is 5.01. The van der Waals surface area contributed by atoms with E-state index in [9.17, 15) is 9.59 Å². The van der Waals surface area contributed by atoms with Crippen molar-refractivity contribution in [2.45, 2.75) is 64.6 Å². The number of carbonyl (C=O) groups is 2. The Balaban J connectivity index is 1.79. The summed E-state index contributed by atoms with van der Waals surface area (Å²) in [4.78, 5) is 26.3. The molecule has 0 saturated heterocycles. The van der Waals surface area contributed by atoms with Crippen LogP contribution in [0.5, 0.6) is 5.75 Å². The van der Waals surface area contributed by atoms with Gasteiger partial charge in [-0.3, -0.25) is 15.0 Å².